The first kappa shape index (κ1) is 25.3. The van der Waals surface area contributed by atoms with E-state index in [1.54, 1.807) is 30.0 Å². The van der Waals surface area contributed by atoms with Gasteiger partial charge in [-0.25, -0.2) is 0 Å². The fourth-order valence-electron chi connectivity index (χ4n) is 3.89. The van der Waals surface area contributed by atoms with Crippen molar-refractivity contribution < 1.29 is 14.3 Å². The minimum atomic E-state index is -0.286. The number of pyridine rings is 1. The maximum absolute atomic E-state index is 12.5. The van der Waals surface area contributed by atoms with Crippen LogP contribution in [-0.2, 0) is 9.53 Å². The van der Waals surface area contributed by atoms with E-state index in [1.165, 1.54) is 12.8 Å². The van der Waals surface area contributed by atoms with E-state index in [0.29, 0.717) is 6.61 Å². The molecule has 0 saturated heterocycles. The summed E-state index contributed by atoms with van der Waals surface area (Å²) in [5.41, 5.74) is 0.959. The van der Waals surface area contributed by atoms with Crippen molar-refractivity contribution in [3.63, 3.8) is 0 Å². The predicted octanol–water partition coefficient (Wildman–Crippen LogP) is 6.56. The summed E-state index contributed by atoms with van der Waals surface area (Å²) >= 11 is 0. The highest BCUT2D eigenvalue weighted by atomic mass is 16.5. The van der Waals surface area contributed by atoms with Crippen molar-refractivity contribution in [1.82, 2.24) is 4.57 Å². The molecule has 0 aliphatic heterocycles. The average Bonchev–Trinajstić information content (AvgIpc) is 2.87. The fraction of sp³-hybridized carbons (Fsp3) is 0.379. The van der Waals surface area contributed by atoms with Gasteiger partial charge in [0.1, 0.15) is 5.75 Å². The number of carbonyl (C=O) groups excluding carboxylic acids is 1. The molecule has 3 rings (SSSR count). The molecule has 0 saturated carbocycles. The van der Waals surface area contributed by atoms with Crippen molar-refractivity contribution in [1.29, 1.82) is 0 Å². The quantitative estimate of drug-likeness (QED) is 0.214. The van der Waals surface area contributed by atoms with Gasteiger partial charge >= 0.3 is 5.97 Å². The third-order valence-corrected chi connectivity index (χ3v) is 6.05. The lowest BCUT2D eigenvalue weighted by Gasteiger charge is -2.13. The van der Waals surface area contributed by atoms with Gasteiger partial charge in [0, 0.05) is 18.5 Å². The van der Waals surface area contributed by atoms with E-state index in [9.17, 15) is 9.59 Å². The summed E-state index contributed by atoms with van der Waals surface area (Å²) in [6.07, 6.45) is 13.2. The predicted molar refractivity (Wildman–Crippen MR) is 138 cm³/mol. The lowest BCUT2D eigenvalue weighted by Crippen LogP contribution is -2.14. The Hall–Kier alpha value is -3.34. The highest BCUT2D eigenvalue weighted by Crippen LogP contribution is 2.25. The highest BCUT2D eigenvalue weighted by molar-refractivity contribution is 5.86. The molecule has 3 aromatic rings. The van der Waals surface area contributed by atoms with Crippen LogP contribution in [0.1, 0.15) is 63.4 Å². The van der Waals surface area contributed by atoms with E-state index in [4.69, 9.17) is 9.47 Å². The van der Waals surface area contributed by atoms with Crippen molar-refractivity contribution >= 4 is 22.9 Å². The molecule has 0 fully saturated rings. The zero-order valence-corrected chi connectivity index (χ0v) is 20.2. The SMILES string of the molecule is COc1ccc2cc([C@@H](C)C(=O)OCCCCCCCC/C=C/n3ccccc3=O)ccc2c1. The number of nitrogens with zero attached hydrogens (tertiary/aromatic N) is 1. The van der Waals surface area contributed by atoms with Gasteiger partial charge in [-0.05, 0) is 60.7 Å². The van der Waals surface area contributed by atoms with E-state index in [2.05, 4.69) is 6.08 Å². The van der Waals surface area contributed by atoms with Crippen LogP contribution in [0.25, 0.3) is 17.0 Å². The maximum Gasteiger partial charge on any atom is 0.313 e. The van der Waals surface area contributed by atoms with Gasteiger partial charge in [0.05, 0.1) is 19.6 Å². The molecule has 5 heteroatoms. The number of esters is 1. The van der Waals surface area contributed by atoms with Crippen molar-refractivity contribution in [3.05, 3.63) is 82.8 Å². The average molecular weight is 462 g/mol. The van der Waals surface area contributed by atoms with Crippen LogP contribution >= 0.6 is 0 Å². The maximum atomic E-state index is 12.5. The molecule has 0 aliphatic rings. The number of rotatable bonds is 13. The molecule has 0 aliphatic carbocycles. The minimum absolute atomic E-state index is 0.00727. The van der Waals surface area contributed by atoms with Crippen LogP contribution in [-0.4, -0.2) is 24.3 Å². The Morgan fingerprint density at radius 3 is 2.47 bits per heavy atom. The number of aromatic nitrogens is 1. The molecule has 0 radical (unpaired) electrons. The first-order chi connectivity index (χ1) is 16.6. The molecular formula is C29H35NO4. The number of fused-ring (bicyclic) bond motifs is 1. The van der Waals surface area contributed by atoms with E-state index in [1.807, 2.05) is 55.6 Å². The Morgan fingerprint density at radius 2 is 1.68 bits per heavy atom. The van der Waals surface area contributed by atoms with Gasteiger partial charge in [0.15, 0.2) is 0 Å². The summed E-state index contributed by atoms with van der Waals surface area (Å²) < 4.78 is 12.4. The standard InChI is InChI=1S/C29H35NO4/c1-23(24-14-15-26-22-27(33-2)17-16-25(26)21-24)29(32)34-20-12-8-6-4-3-5-7-10-18-30-19-11-9-13-28(30)31/h9-11,13-19,21-23H,3-8,12,20H2,1-2H3/b18-10+/t23-/m1/s1. The molecule has 2 aromatic carbocycles. The van der Waals surface area contributed by atoms with Crippen molar-refractivity contribution in [3.8, 4) is 5.75 Å². The Kier molecular flexibility index (Phi) is 9.96. The van der Waals surface area contributed by atoms with Gasteiger partial charge in [-0.3, -0.25) is 14.2 Å². The second-order valence-electron chi connectivity index (χ2n) is 8.60. The molecule has 34 heavy (non-hydrogen) atoms. The van der Waals surface area contributed by atoms with Crippen LogP contribution in [0.15, 0.2) is 71.7 Å². The fourth-order valence-corrected chi connectivity index (χ4v) is 3.89. The van der Waals surface area contributed by atoms with Crippen LogP contribution in [0.3, 0.4) is 0 Å². The lowest BCUT2D eigenvalue weighted by molar-refractivity contribution is -0.145. The number of hydrogen-bond acceptors (Lipinski definition) is 4. The molecule has 0 N–H and O–H groups in total. The van der Waals surface area contributed by atoms with Gasteiger partial charge in [0.2, 0.25) is 0 Å². The normalized spacial score (nSPS) is 12.2. The summed E-state index contributed by atoms with van der Waals surface area (Å²) in [4.78, 5) is 24.1. The Bertz CT molecular complexity index is 1150. The van der Waals surface area contributed by atoms with Gasteiger partial charge < -0.3 is 9.47 Å². The Morgan fingerprint density at radius 1 is 0.941 bits per heavy atom. The number of unbranched alkanes of at least 4 members (excludes halogenated alkanes) is 6. The number of methoxy groups -OCH3 is 1. The first-order valence-electron chi connectivity index (χ1n) is 12.2. The number of carbonyl (C=O) groups is 1. The van der Waals surface area contributed by atoms with Gasteiger partial charge in [-0.1, -0.05) is 62.1 Å². The monoisotopic (exact) mass is 461 g/mol. The molecule has 0 amide bonds. The Labute approximate surface area is 202 Å². The van der Waals surface area contributed by atoms with Crippen molar-refractivity contribution in [2.24, 2.45) is 0 Å². The van der Waals surface area contributed by atoms with Crippen molar-refractivity contribution in [2.45, 2.75) is 57.8 Å². The third-order valence-electron chi connectivity index (χ3n) is 6.05. The third kappa shape index (κ3) is 7.62. The molecule has 1 atom stereocenters. The summed E-state index contributed by atoms with van der Waals surface area (Å²) in [6.45, 7) is 2.37. The smallest absolute Gasteiger partial charge is 0.313 e. The molecule has 0 spiro atoms. The van der Waals surface area contributed by atoms with Gasteiger partial charge in [-0.15, -0.1) is 0 Å². The molecule has 5 nitrogen and oxygen atoms in total. The van der Waals surface area contributed by atoms with Crippen LogP contribution in [0, 0.1) is 0 Å². The van der Waals surface area contributed by atoms with Crippen LogP contribution in [0.4, 0.5) is 0 Å². The zero-order valence-electron chi connectivity index (χ0n) is 20.2. The molecule has 180 valence electrons. The second-order valence-corrected chi connectivity index (χ2v) is 8.60. The van der Waals surface area contributed by atoms with Crippen molar-refractivity contribution in [2.75, 3.05) is 13.7 Å². The number of allylic oxidation sites excluding steroid dienone is 1. The summed E-state index contributed by atoms with van der Waals surface area (Å²) in [7, 11) is 1.66. The van der Waals surface area contributed by atoms with Gasteiger partial charge in [-0.2, -0.15) is 0 Å². The van der Waals surface area contributed by atoms with E-state index < -0.39 is 0 Å². The highest BCUT2D eigenvalue weighted by Gasteiger charge is 2.17. The zero-order chi connectivity index (χ0) is 24.2. The Balaban J connectivity index is 1.27. The topological polar surface area (TPSA) is 57.5 Å². The number of ether oxygens (including phenoxy) is 2. The van der Waals surface area contributed by atoms with Crippen LogP contribution in [0.2, 0.25) is 0 Å². The van der Waals surface area contributed by atoms with Gasteiger partial charge in [0.25, 0.3) is 5.56 Å². The minimum Gasteiger partial charge on any atom is -0.497 e. The first-order valence-corrected chi connectivity index (χ1v) is 12.2. The summed E-state index contributed by atoms with van der Waals surface area (Å²) in [5.74, 6) is 0.370. The summed E-state index contributed by atoms with van der Waals surface area (Å²) in [5, 5.41) is 2.17. The molecular weight excluding hydrogens is 426 g/mol. The number of hydrogen-bond donors (Lipinski definition) is 0. The molecule has 0 bridgehead atoms. The van der Waals surface area contributed by atoms with E-state index >= 15 is 0 Å². The van der Waals surface area contributed by atoms with E-state index in [-0.39, 0.29) is 17.4 Å². The largest absolute Gasteiger partial charge is 0.497 e. The molecule has 1 heterocycles. The number of benzene rings is 2. The van der Waals surface area contributed by atoms with Crippen LogP contribution < -0.4 is 10.3 Å². The van der Waals surface area contributed by atoms with E-state index in [0.717, 1.165) is 54.2 Å². The second kappa shape index (κ2) is 13.4. The molecule has 0 unspecified atom stereocenters. The van der Waals surface area contributed by atoms with Crippen LogP contribution in [0.5, 0.6) is 5.75 Å². The summed E-state index contributed by atoms with van der Waals surface area (Å²) in [6, 6.07) is 17.1. The molecule has 1 aromatic heterocycles. The lowest BCUT2D eigenvalue weighted by atomic mass is 9.98.